The van der Waals surface area contributed by atoms with E-state index in [1.54, 1.807) is 19.2 Å². The molecule has 1 aliphatic carbocycles. The van der Waals surface area contributed by atoms with Gasteiger partial charge in [-0.15, -0.1) is 0 Å². The lowest BCUT2D eigenvalue weighted by molar-refractivity contribution is 0.0926. The van der Waals surface area contributed by atoms with Crippen molar-refractivity contribution in [2.45, 2.75) is 39.0 Å². The standard InChI is InChI=1S/C18H30N4O2/c1-14-5-3-6-15(13-14)8-9-21-18(19-2)22-11-10-20-17(23)16-7-4-12-24-16/h4,7,12,14-15H,3,5-6,8-11,13H2,1-2H3,(H,20,23)(H2,19,21,22). The minimum absolute atomic E-state index is 0.198. The molecule has 2 rings (SSSR count). The SMILES string of the molecule is CN=C(NCCNC(=O)c1ccco1)NCCC1CCCC(C)C1. The van der Waals surface area contributed by atoms with Crippen LogP contribution in [0.15, 0.2) is 27.8 Å². The van der Waals surface area contributed by atoms with Crippen molar-refractivity contribution in [3.05, 3.63) is 24.2 Å². The molecule has 2 atom stereocenters. The fraction of sp³-hybridized carbons (Fsp3) is 0.667. The predicted octanol–water partition coefficient (Wildman–Crippen LogP) is 2.39. The van der Waals surface area contributed by atoms with Crippen molar-refractivity contribution in [1.82, 2.24) is 16.0 Å². The third kappa shape index (κ3) is 6.26. The molecule has 1 aliphatic rings. The van der Waals surface area contributed by atoms with Crippen molar-refractivity contribution in [3.63, 3.8) is 0 Å². The van der Waals surface area contributed by atoms with E-state index in [0.29, 0.717) is 18.8 Å². The largest absolute Gasteiger partial charge is 0.459 e. The van der Waals surface area contributed by atoms with E-state index in [1.807, 2.05) is 0 Å². The van der Waals surface area contributed by atoms with Crippen LogP contribution in [-0.2, 0) is 0 Å². The molecule has 1 aromatic rings. The summed E-state index contributed by atoms with van der Waals surface area (Å²) in [6.45, 7) is 4.43. The highest BCUT2D eigenvalue weighted by Crippen LogP contribution is 2.30. The van der Waals surface area contributed by atoms with Crippen LogP contribution in [0.25, 0.3) is 0 Å². The van der Waals surface area contributed by atoms with E-state index in [9.17, 15) is 4.79 Å². The molecule has 3 N–H and O–H groups in total. The van der Waals surface area contributed by atoms with Crippen LogP contribution in [0.4, 0.5) is 0 Å². The Morgan fingerprint density at radius 2 is 2.04 bits per heavy atom. The summed E-state index contributed by atoms with van der Waals surface area (Å²) < 4.78 is 5.04. The molecule has 0 saturated heterocycles. The maximum atomic E-state index is 11.7. The minimum Gasteiger partial charge on any atom is -0.459 e. The number of hydrogen-bond donors (Lipinski definition) is 3. The maximum absolute atomic E-state index is 11.7. The number of rotatable bonds is 7. The highest BCUT2D eigenvalue weighted by Gasteiger charge is 2.18. The molecule has 1 heterocycles. The van der Waals surface area contributed by atoms with Crippen LogP contribution >= 0.6 is 0 Å². The second-order valence-electron chi connectivity index (χ2n) is 6.59. The molecule has 0 radical (unpaired) electrons. The number of nitrogens with one attached hydrogen (secondary N) is 3. The van der Waals surface area contributed by atoms with Gasteiger partial charge in [0, 0.05) is 26.7 Å². The molecule has 0 aromatic carbocycles. The van der Waals surface area contributed by atoms with Crippen LogP contribution in [-0.4, -0.2) is 38.5 Å². The van der Waals surface area contributed by atoms with E-state index in [-0.39, 0.29) is 5.91 Å². The zero-order valence-electron chi connectivity index (χ0n) is 14.8. The Morgan fingerprint density at radius 1 is 1.25 bits per heavy atom. The number of aliphatic imine (C=N–C) groups is 1. The van der Waals surface area contributed by atoms with Crippen molar-refractivity contribution in [1.29, 1.82) is 0 Å². The number of carbonyl (C=O) groups is 1. The Bertz CT molecular complexity index is 513. The number of amides is 1. The van der Waals surface area contributed by atoms with E-state index in [1.165, 1.54) is 38.4 Å². The molecule has 0 aliphatic heterocycles. The summed E-state index contributed by atoms with van der Waals surface area (Å²) in [5.74, 6) is 2.63. The quantitative estimate of drug-likeness (QED) is 0.406. The van der Waals surface area contributed by atoms with Crippen molar-refractivity contribution in [3.8, 4) is 0 Å². The van der Waals surface area contributed by atoms with Crippen LogP contribution in [0.3, 0.4) is 0 Å². The zero-order chi connectivity index (χ0) is 17.2. The molecule has 24 heavy (non-hydrogen) atoms. The van der Waals surface area contributed by atoms with Gasteiger partial charge in [0.25, 0.3) is 5.91 Å². The van der Waals surface area contributed by atoms with Crippen LogP contribution in [0.5, 0.6) is 0 Å². The molecular weight excluding hydrogens is 304 g/mol. The molecule has 2 unspecified atom stereocenters. The van der Waals surface area contributed by atoms with Crippen LogP contribution in [0, 0.1) is 11.8 Å². The normalized spacial score (nSPS) is 21.3. The van der Waals surface area contributed by atoms with Crippen molar-refractivity contribution < 1.29 is 9.21 Å². The summed E-state index contributed by atoms with van der Waals surface area (Å²) in [6.07, 6.45) is 8.15. The third-order valence-electron chi connectivity index (χ3n) is 4.56. The van der Waals surface area contributed by atoms with Crippen LogP contribution < -0.4 is 16.0 Å². The number of nitrogens with zero attached hydrogens (tertiary/aromatic N) is 1. The maximum Gasteiger partial charge on any atom is 0.287 e. The predicted molar refractivity (Wildman–Crippen MR) is 96.1 cm³/mol. The second-order valence-corrected chi connectivity index (χ2v) is 6.59. The fourth-order valence-corrected chi connectivity index (χ4v) is 3.29. The topological polar surface area (TPSA) is 78.7 Å². The van der Waals surface area contributed by atoms with Gasteiger partial charge >= 0.3 is 0 Å². The fourth-order valence-electron chi connectivity index (χ4n) is 3.29. The number of hydrogen-bond acceptors (Lipinski definition) is 3. The number of carbonyl (C=O) groups excluding carboxylic acids is 1. The summed E-state index contributed by atoms with van der Waals surface area (Å²) in [5.41, 5.74) is 0. The first-order chi connectivity index (χ1) is 11.7. The van der Waals surface area contributed by atoms with Gasteiger partial charge in [-0.25, -0.2) is 0 Å². The Morgan fingerprint density at radius 3 is 2.75 bits per heavy atom. The zero-order valence-corrected chi connectivity index (χ0v) is 14.8. The highest BCUT2D eigenvalue weighted by atomic mass is 16.3. The van der Waals surface area contributed by atoms with Gasteiger partial charge in [0.15, 0.2) is 11.7 Å². The summed E-state index contributed by atoms with van der Waals surface area (Å²) >= 11 is 0. The van der Waals surface area contributed by atoms with Gasteiger partial charge in [0.2, 0.25) is 0 Å². The van der Waals surface area contributed by atoms with Crippen LogP contribution in [0.1, 0.15) is 49.6 Å². The lowest BCUT2D eigenvalue weighted by atomic mass is 9.81. The average molecular weight is 334 g/mol. The molecule has 1 amide bonds. The van der Waals surface area contributed by atoms with E-state index >= 15 is 0 Å². The summed E-state index contributed by atoms with van der Waals surface area (Å²) in [5, 5.41) is 9.36. The number of guanidine groups is 1. The van der Waals surface area contributed by atoms with E-state index in [2.05, 4.69) is 27.9 Å². The van der Waals surface area contributed by atoms with Gasteiger partial charge in [-0.2, -0.15) is 0 Å². The Kier molecular flexibility index (Phi) is 7.65. The Balaban J connectivity index is 1.56. The Hall–Kier alpha value is -1.98. The van der Waals surface area contributed by atoms with E-state index in [4.69, 9.17) is 4.42 Å². The van der Waals surface area contributed by atoms with Gasteiger partial charge < -0.3 is 20.4 Å². The minimum atomic E-state index is -0.198. The second kappa shape index (κ2) is 10.0. The van der Waals surface area contributed by atoms with Crippen LogP contribution in [0.2, 0.25) is 0 Å². The lowest BCUT2D eigenvalue weighted by Crippen LogP contribution is -2.42. The molecule has 1 aromatic heterocycles. The van der Waals surface area contributed by atoms with Gasteiger partial charge in [-0.3, -0.25) is 9.79 Å². The third-order valence-corrected chi connectivity index (χ3v) is 4.56. The summed E-state index contributed by atoms with van der Waals surface area (Å²) in [7, 11) is 1.76. The molecule has 0 spiro atoms. The monoisotopic (exact) mass is 334 g/mol. The molecule has 1 saturated carbocycles. The van der Waals surface area contributed by atoms with Gasteiger partial charge in [0.1, 0.15) is 0 Å². The molecule has 6 heteroatoms. The van der Waals surface area contributed by atoms with Crippen molar-refractivity contribution >= 4 is 11.9 Å². The summed E-state index contributed by atoms with van der Waals surface area (Å²) in [6, 6.07) is 3.35. The first kappa shape index (κ1) is 18.4. The highest BCUT2D eigenvalue weighted by molar-refractivity contribution is 5.91. The molecule has 0 bridgehead atoms. The van der Waals surface area contributed by atoms with E-state index < -0.39 is 0 Å². The van der Waals surface area contributed by atoms with Gasteiger partial charge in [0.05, 0.1) is 6.26 Å². The average Bonchev–Trinajstić information content (AvgIpc) is 3.11. The molecule has 134 valence electrons. The van der Waals surface area contributed by atoms with E-state index in [0.717, 1.165) is 24.3 Å². The van der Waals surface area contributed by atoms with Crippen molar-refractivity contribution in [2.24, 2.45) is 16.8 Å². The molecular formula is C18H30N4O2. The Labute approximate surface area is 144 Å². The smallest absolute Gasteiger partial charge is 0.287 e. The summed E-state index contributed by atoms with van der Waals surface area (Å²) in [4.78, 5) is 15.9. The first-order valence-electron chi connectivity index (χ1n) is 8.95. The van der Waals surface area contributed by atoms with Crippen molar-refractivity contribution in [2.75, 3.05) is 26.7 Å². The lowest BCUT2D eigenvalue weighted by Gasteiger charge is -2.26. The van der Waals surface area contributed by atoms with Gasteiger partial charge in [-0.1, -0.05) is 26.2 Å². The number of furan rings is 1. The molecule has 1 fully saturated rings. The molecule has 6 nitrogen and oxygen atoms in total. The van der Waals surface area contributed by atoms with Gasteiger partial charge in [-0.05, 0) is 36.8 Å². The first-order valence-corrected chi connectivity index (χ1v) is 8.95.